The Kier molecular flexibility index (Phi) is 5.28. The number of halogens is 2. The summed E-state index contributed by atoms with van der Waals surface area (Å²) in [7, 11) is 0. The molecule has 2 rings (SSSR count). The van der Waals surface area contributed by atoms with Gasteiger partial charge in [0.05, 0.1) is 0 Å². The predicted octanol–water partition coefficient (Wildman–Crippen LogP) is 3.20. The molecule has 4 heteroatoms. The van der Waals surface area contributed by atoms with Crippen molar-refractivity contribution in [1.82, 2.24) is 10.2 Å². The monoisotopic (exact) mass is 268 g/mol. The van der Waals surface area contributed by atoms with Crippen molar-refractivity contribution in [2.45, 2.75) is 38.8 Å². The minimum Gasteiger partial charge on any atom is -0.313 e. The fourth-order valence-electron chi connectivity index (χ4n) is 2.62. The van der Waals surface area contributed by atoms with Crippen molar-refractivity contribution in [1.29, 1.82) is 0 Å². The second-order valence-electron chi connectivity index (χ2n) is 5.17. The van der Waals surface area contributed by atoms with Crippen LogP contribution in [0.25, 0.3) is 0 Å². The van der Waals surface area contributed by atoms with Gasteiger partial charge >= 0.3 is 0 Å². The van der Waals surface area contributed by atoms with Gasteiger partial charge in [0.1, 0.15) is 0 Å². The third-order valence-electron chi connectivity index (χ3n) is 3.70. The lowest BCUT2D eigenvalue weighted by molar-refractivity contribution is 0.151. The van der Waals surface area contributed by atoms with Crippen LogP contribution in [0.5, 0.6) is 0 Å². The maximum Gasteiger partial charge on any atom is 0.263 e. The molecule has 0 bridgehead atoms. The van der Waals surface area contributed by atoms with Gasteiger partial charge in [0, 0.05) is 24.7 Å². The molecule has 0 radical (unpaired) electrons. The van der Waals surface area contributed by atoms with Gasteiger partial charge in [-0.2, -0.15) is 0 Å². The van der Waals surface area contributed by atoms with E-state index in [0.717, 1.165) is 31.7 Å². The van der Waals surface area contributed by atoms with Crippen LogP contribution in [-0.4, -0.2) is 30.6 Å². The van der Waals surface area contributed by atoms with Crippen molar-refractivity contribution in [3.8, 4) is 0 Å². The minimum atomic E-state index is -2.38. The molecule has 0 aliphatic carbocycles. The van der Waals surface area contributed by atoms with Crippen LogP contribution in [0.1, 0.15) is 37.3 Å². The quantitative estimate of drug-likeness (QED) is 0.852. The van der Waals surface area contributed by atoms with E-state index in [1.807, 2.05) is 6.07 Å². The second kappa shape index (κ2) is 6.96. The predicted molar refractivity (Wildman–Crippen MR) is 73.4 cm³/mol. The van der Waals surface area contributed by atoms with Gasteiger partial charge in [-0.15, -0.1) is 0 Å². The first kappa shape index (κ1) is 14.4. The van der Waals surface area contributed by atoms with Crippen LogP contribution in [0.4, 0.5) is 8.78 Å². The topological polar surface area (TPSA) is 15.3 Å². The van der Waals surface area contributed by atoms with Gasteiger partial charge in [-0.3, -0.25) is 4.90 Å². The van der Waals surface area contributed by atoms with E-state index in [4.69, 9.17) is 0 Å². The first-order chi connectivity index (χ1) is 9.19. The van der Waals surface area contributed by atoms with Crippen LogP contribution in [0.2, 0.25) is 0 Å². The lowest BCUT2D eigenvalue weighted by Gasteiger charge is -2.24. The van der Waals surface area contributed by atoms with Crippen LogP contribution >= 0.6 is 0 Å². The highest BCUT2D eigenvalue weighted by molar-refractivity contribution is 5.24. The van der Waals surface area contributed by atoms with Crippen molar-refractivity contribution < 1.29 is 8.78 Å². The van der Waals surface area contributed by atoms with Crippen LogP contribution in [0.3, 0.4) is 0 Å². The van der Waals surface area contributed by atoms with Crippen molar-refractivity contribution in [3.05, 3.63) is 35.4 Å². The Morgan fingerprint density at radius 1 is 1.42 bits per heavy atom. The number of nitrogens with zero attached hydrogens (tertiary/aromatic N) is 1. The normalized spacial score (nSPS) is 19.5. The summed E-state index contributed by atoms with van der Waals surface area (Å²) in [6, 6.07) is 7.31. The molecular formula is C15H22F2N2. The van der Waals surface area contributed by atoms with E-state index in [1.54, 1.807) is 12.1 Å². The molecule has 1 unspecified atom stereocenters. The zero-order valence-electron chi connectivity index (χ0n) is 11.4. The fourth-order valence-corrected chi connectivity index (χ4v) is 2.62. The molecule has 2 nitrogen and oxygen atoms in total. The Morgan fingerprint density at radius 2 is 2.26 bits per heavy atom. The Labute approximate surface area is 113 Å². The first-order valence-corrected chi connectivity index (χ1v) is 7.01. The van der Waals surface area contributed by atoms with E-state index < -0.39 is 6.43 Å². The molecule has 1 N–H and O–H groups in total. The van der Waals surface area contributed by atoms with E-state index in [0.29, 0.717) is 6.04 Å². The molecule has 0 spiro atoms. The van der Waals surface area contributed by atoms with E-state index in [2.05, 4.69) is 17.1 Å². The fraction of sp³-hybridized carbons (Fsp3) is 0.600. The number of likely N-dealkylation sites (N-methyl/N-ethyl adjacent to an activating group) is 1. The van der Waals surface area contributed by atoms with Crippen molar-refractivity contribution in [3.63, 3.8) is 0 Å². The molecule has 1 aromatic carbocycles. The summed E-state index contributed by atoms with van der Waals surface area (Å²) in [6.45, 7) is 5.90. The van der Waals surface area contributed by atoms with Crippen LogP contribution < -0.4 is 5.32 Å². The standard InChI is InChI=1S/C15H22F2N2/c1-2-19(11-14-7-4-8-18-14)10-12-5-3-6-13(9-12)15(16)17/h3,5-6,9,14-15,18H,2,4,7-8,10-11H2,1H3. The first-order valence-electron chi connectivity index (χ1n) is 7.01. The third kappa shape index (κ3) is 4.25. The van der Waals surface area contributed by atoms with Crippen molar-refractivity contribution in [2.24, 2.45) is 0 Å². The van der Waals surface area contributed by atoms with Gasteiger partial charge in [0.2, 0.25) is 0 Å². The molecular weight excluding hydrogens is 246 g/mol. The van der Waals surface area contributed by atoms with E-state index >= 15 is 0 Å². The Bertz CT molecular complexity index is 389. The Morgan fingerprint density at radius 3 is 2.89 bits per heavy atom. The number of hydrogen-bond donors (Lipinski definition) is 1. The van der Waals surface area contributed by atoms with Gasteiger partial charge in [-0.05, 0) is 37.6 Å². The molecule has 19 heavy (non-hydrogen) atoms. The number of hydrogen-bond acceptors (Lipinski definition) is 2. The van der Waals surface area contributed by atoms with Gasteiger partial charge in [0.25, 0.3) is 6.43 Å². The molecule has 106 valence electrons. The van der Waals surface area contributed by atoms with E-state index in [-0.39, 0.29) is 5.56 Å². The smallest absolute Gasteiger partial charge is 0.263 e. The van der Waals surface area contributed by atoms with E-state index in [1.165, 1.54) is 18.9 Å². The third-order valence-corrected chi connectivity index (χ3v) is 3.70. The minimum absolute atomic E-state index is 0.118. The van der Waals surface area contributed by atoms with Gasteiger partial charge < -0.3 is 5.32 Å². The highest BCUT2D eigenvalue weighted by Crippen LogP contribution is 2.20. The summed E-state index contributed by atoms with van der Waals surface area (Å²) in [5, 5.41) is 3.48. The highest BCUT2D eigenvalue weighted by Gasteiger charge is 2.17. The highest BCUT2D eigenvalue weighted by atomic mass is 19.3. The van der Waals surface area contributed by atoms with Crippen molar-refractivity contribution >= 4 is 0 Å². The number of nitrogens with one attached hydrogen (secondary N) is 1. The van der Waals surface area contributed by atoms with Crippen LogP contribution in [0, 0.1) is 0 Å². The Hall–Kier alpha value is -1.00. The second-order valence-corrected chi connectivity index (χ2v) is 5.17. The van der Waals surface area contributed by atoms with Gasteiger partial charge in [-0.1, -0.05) is 25.1 Å². The molecule has 1 heterocycles. The molecule has 1 aliphatic rings. The maximum atomic E-state index is 12.7. The largest absolute Gasteiger partial charge is 0.313 e. The lowest BCUT2D eigenvalue weighted by atomic mass is 10.1. The summed E-state index contributed by atoms with van der Waals surface area (Å²) in [5.41, 5.74) is 1.09. The SMILES string of the molecule is CCN(Cc1cccc(C(F)F)c1)CC1CCCN1. The number of rotatable bonds is 6. The summed E-state index contributed by atoms with van der Waals surface area (Å²) < 4.78 is 25.3. The van der Waals surface area contributed by atoms with Crippen LogP contribution in [0.15, 0.2) is 24.3 Å². The van der Waals surface area contributed by atoms with Gasteiger partial charge in [-0.25, -0.2) is 8.78 Å². The average Bonchev–Trinajstić information content (AvgIpc) is 2.91. The zero-order chi connectivity index (χ0) is 13.7. The van der Waals surface area contributed by atoms with Crippen molar-refractivity contribution in [2.75, 3.05) is 19.6 Å². The summed E-state index contributed by atoms with van der Waals surface area (Å²) in [4.78, 5) is 2.31. The molecule has 1 atom stereocenters. The summed E-state index contributed by atoms with van der Waals surface area (Å²) >= 11 is 0. The molecule has 1 aromatic rings. The maximum absolute atomic E-state index is 12.7. The average molecular weight is 268 g/mol. The number of alkyl halides is 2. The molecule has 1 aliphatic heterocycles. The lowest BCUT2D eigenvalue weighted by Crippen LogP contribution is -2.37. The molecule has 1 fully saturated rings. The Balaban J connectivity index is 1.95. The zero-order valence-corrected chi connectivity index (χ0v) is 11.4. The van der Waals surface area contributed by atoms with Crippen LogP contribution in [-0.2, 0) is 6.54 Å². The molecule has 0 amide bonds. The molecule has 1 saturated heterocycles. The van der Waals surface area contributed by atoms with E-state index in [9.17, 15) is 8.78 Å². The van der Waals surface area contributed by atoms with Gasteiger partial charge in [0.15, 0.2) is 0 Å². The molecule has 0 aromatic heterocycles. The summed E-state index contributed by atoms with van der Waals surface area (Å²) in [6.07, 6.45) is 0.0722. The number of benzene rings is 1. The summed E-state index contributed by atoms with van der Waals surface area (Å²) in [5.74, 6) is 0. The molecule has 0 saturated carbocycles.